The van der Waals surface area contributed by atoms with E-state index in [9.17, 15) is 4.79 Å². The van der Waals surface area contributed by atoms with Crippen LogP contribution in [0.3, 0.4) is 0 Å². The predicted octanol–water partition coefficient (Wildman–Crippen LogP) is 2.47. The fourth-order valence-electron chi connectivity index (χ4n) is 2.72. The number of hydrogen-bond acceptors (Lipinski definition) is 4. The minimum absolute atomic E-state index is 0.195. The van der Waals surface area contributed by atoms with Crippen molar-refractivity contribution in [3.63, 3.8) is 0 Å². The molecule has 2 atom stereocenters. The van der Waals surface area contributed by atoms with Crippen molar-refractivity contribution < 1.29 is 14.3 Å². The Balaban J connectivity index is 2.16. The molecular weight excluding hydrogens is 248 g/mol. The molecule has 0 saturated carbocycles. The van der Waals surface area contributed by atoms with Gasteiger partial charge in [-0.1, -0.05) is 5.11 Å². The Morgan fingerprint density at radius 2 is 2.32 bits per heavy atom. The molecular formula is C12H20N4O3. The number of amides is 1. The van der Waals surface area contributed by atoms with Gasteiger partial charge in [0, 0.05) is 18.1 Å². The van der Waals surface area contributed by atoms with Crippen LogP contribution in [0.1, 0.15) is 33.6 Å². The quantitative estimate of drug-likeness (QED) is 0.415. The van der Waals surface area contributed by atoms with Gasteiger partial charge in [0.15, 0.2) is 0 Å². The van der Waals surface area contributed by atoms with Gasteiger partial charge in [0.05, 0.1) is 18.2 Å². The molecule has 2 unspecified atom stereocenters. The molecule has 2 saturated heterocycles. The molecule has 7 heteroatoms. The molecule has 2 heterocycles. The van der Waals surface area contributed by atoms with Crippen LogP contribution in [-0.2, 0) is 9.47 Å². The molecule has 106 valence electrons. The average molecular weight is 268 g/mol. The van der Waals surface area contributed by atoms with E-state index in [2.05, 4.69) is 10.0 Å². The Morgan fingerprint density at radius 3 is 2.84 bits per heavy atom. The van der Waals surface area contributed by atoms with Crippen molar-refractivity contribution in [3.05, 3.63) is 10.4 Å². The Hall–Kier alpha value is -1.46. The van der Waals surface area contributed by atoms with E-state index in [0.717, 1.165) is 6.42 Å². The van der Waals surface area contributed by atoms with E-state index >= 15 is 0 Å². The third-order valence-corrected chi connectivity index (χ3v) is 3.49. The Bertz CT molecular complexity index is 406. The lowest BCUT2D eigenvalue weighted by molar-refractivity contribution is 0.00563. The molecule has 19 heavy (non-hydrogen) atoms. The van der Waals surface area contributed by atoms with Crippen LogP contribution in [0.4, 0.5) is 4.79 Å². The minimum Gasteiger partial charge on any atom is -0.444 e. The summed E-state index contributed by atoms with van der Waals surface area (Å²) in [6.45, 7) is 7.03. The van der Waals surface area contributed by atoms with Gasteiger partial charge in [-0.3, -0.25) is 4.90 Å². The molecule has 2 fully saturated rings. The summed E-state index contributed by atoms with van der Waals surface area (Å²) in [5.41, 5.74) is 7.67. The molecule has 0 aromatic carbocycles. The van der Waals surface area contributed by atoms with Gasteiger partial charge in [0.2, 0.25) is 0 Å². The summed E-state index contributed by atoms with van der Waals surface area (Å²) in [5.74, 6) is 0. The molecule has 0 radical (unpaired) electrons. The van der Waals surface area contributed by atoms with Crippen molar-refractivity contribution in [2.75, 3.05) is 19.8 Å². The number of carbonyl (C=O) groups excluding carboxylic acids is 1. The van der Waals surface area contributed by atoms with Crippen molar-refractivity contribution in [2.45, 2.75) is 50.8 Å². The maximum atomic E-state index is 12.3. The van der Waals surface area contributed by atoms with Crippen LogP contribution in [-0.4, -0.2) is 47.9 Å². The molecule has 0 N–H and O–H groups in total. The first-order chi connectivity index (χ1) is 8.86. The SMILES string of the molecule is CC(C)(C)OC(=O)N1CC(N=[N+]=[N-])CC12CCOC2. The zero-order valence-corrected chi connectivity index (χ0v) is 11.6. The summed E-state index contributed by atoms with van der Waals surface area (Å²) in [6, 6.07) is -0.195. The molecule has 1 amide bonds. The molecule has 7 nitrogen and oxygen atoms in total. The zero-order chi connectivity index (χ0) is 14.1. The van der Waals surface area contributed by atoms with E-state index in [0.29, 0.717) is 26.2 Å². The summed E-state index contributed by atoms with van der Waals surface area (Å²) < 4.78 is 10.9. The van der Waals surface area contributed by atoms with Crippen molar-refractivity contribution in [1.29, 1.82) is 0 Å². The highest BCUT2D eigenvalue weighted by atomic mass is 16.6. The molecule has 2 rings (SSSR count). The van der Waals surface area contributed by atoms with Crippen LogP contribution < -0.4 is 0 Å². The predicted molar refractivity (Wildman–Crippen MR) is 68.7 cm³/mol. The number of azide groups is 1. The molecule has 0 bridgehead atoms. The van der Waals surface area contributed by atoms with Gasteiger partial charge in [-0.15, -0.1) is 0 Å². The third-order valence-electron chi connectivity index (χ3n) is 3.49. The lowest BCUT2D eigenvalue weighted by atomic mass is 9.94. The average Bonchev–Trinajstić information content (AvgIpc) is 2.86. The van der Waals surface area contributed by atoms with E-state index < -0.39 is 5.60 Å². The van der Waals surface area contributed by atoms with Crippen molar-refractivity contribution in [1.82, 2.24) is 4.90 Å². The van der Waals surface area contributed by atoms with Crippen LogP contribution in [0.2, 0.25) is 0 Å². The topological polar surface area (TPSA) is 87.5 Å². The third kappa shape index (κ3) is 2.93. The highest BCUT2D eigenvalue weighted by molar-refractivity contribution is 5.70. The fraction of sp³-hybridized carbons (Fsp3) is 0.917. The van der Waals surface area contributed by atoms with Gasteiger partial charge in [-0.2, -0.15) is 0 Å². The monoisotopic (exact) mass is 268 g/mol. The second-order valence-corrected chi connectivity index (χ2v) is 6.18. The number of ether oxygens (including phenoxy) is 2. The summed E-state index contributed by atoms with van der Waals surface area (Å²) in [5, 5.41) is 3.75. The smallest absolute Gasteiger partial charge is 0.410 e. The Kier molecular flexibility index (Phi) is 3.60. The van der Waals surface area contributed by atoms with Crippen LogP contribution in [0, 0.1) is 0 Å². The first-order valence-electron chi connectivity index (χ1n) is 6.49. The standard InChI is InChI=1S/C12H20N4O3/c1-11(2,3)19-10(17)16-7-9(14-15-13)6-12(16)4-5-18-8-12/h9H,4-8H2,1-3H3. The van der Waals surface area contributed by atoms with Gasteiger partial charge in [0.25, 0.3) is 0 Å². The van der Waals surface area contributed by atoms with Crippen LogP contribution in [0.15, 0.2) is 5.11 Å². The first-order valence-corrected chi connectivity index (χ1v) is 6.49. The van der Waals surface area contributed by atoms with E-state index in [1.165, 1.54) is 0 Å². The number of carbonyl (C=O) groups is 1. The number of hydrogen-bond donors (Lipinski definition) is 0. The van der Waals surface area contributed by atoms with Gasteiger partial charge >= 0.3 is 6.09 Å². The van der Waals surface area contributed by atoms with Gasteiger partial charge < -0.3 is 9.47 Å². The van der Waals surface area contributed by atoms with E-state index in [-0.39, 0.29) is 17.7 Å². The highest BCUT2D eigenvalue weighted by Crippen LogP contribution is 2.38. The number of nitrogens with zero attached hydrogens (tertiary/aromatic N) is 4. The van der Waals surface area contributed by atoms with Crippen molar-refractivity contribution in [3.8, 4) is 0 Å². The van der Waals surface area contributed by atoms with E-state index in [1.807, 2.05) is 20.8 Å². The summed E-state index contributed by atoms with van der Waals surface area (Å²) in [4.78, 5) is 16.8. The maximum Gasteiger partial charge on any atom is 0.410 e. The maximum absolute atomic E-state index is 12.3. The molecule has 0 aliphatic carbocycles. The Labute approximate surface area is 112 Å². The second-order valence-electron chi connectivity index (χ2n) is 6.18. The van der Waals surface area contributed by atoms with Crippen molar-refractivity contribution in [2.24, 2.45) is 5.11 Å². The van der Waals surface area contributed by atoms with Crippen molar-refractivity contribution >= 4 is 6.09 Å². The van der Waals surface area contributed by atoms with E-state index in [1.54, 1.807) is 4.90 Å². The number of likely N-dealkylation sites (tertiary alicyclic amines) is 1. The first kappa shape index (κ1) is 14.0. The van der Waals surface area contributed by atoms with Crippen LogP contribution >= 0.6 is 0 Å². The summed E-state index contributed by atoms with van der Waals surface area (Å²) in [6.07, 6.45) is 1.06. The lowest BCUT2D eigenvalue weighted by Crippen LogP contribution is -2.49. The molecule has 0 aromatic rings. The zero-order valence-electron chi connectivity index (χ0n) is 11.6. The van der Waals surface area contributed by atoms with Gasteiger partial charge in [-0.25, -0.2) is 4.79 Å². The number of rotatable bonds is 1. The lowest BCUT2D eigenvalue weighted by Gasteiger charge is -2.34. The summed E-state index contributed by atoms with van der Waals surface area (Å²) in [7, 11) is 0. The Morgan fingerprint density at radius 1 is 1.58 bits per heavy atom. The van der Waals surface area contributed by atoms with Crippen LogP contribution in [0.5, 0.6) is 0 Å². The second kappa shape index (κ2) is 4.90. The molecule has 2 aliphatic heterocycles. The molecule has 1 spiro atoms. The highest BCUT2D eigenvalue weighted by Gasteiger charge is 2.51. The van der Waals surface area contributed by atoms with E-state index in [4.69, 9.17) is 15.0 Å². The fourth-order valence-corrected chi connectivity index (χ4v) is 2.72. The minimum atomic E-state index is -0.533. The van der Waals surface area contributed by atoms with Crippen LogP contribution in [0.25, 0.3) is 10.4 Å². The van der Waals surface area contributed by atoms with Gasteiger partial charge in [-0.05, 0) is 39.1 Å². The van der Waals surface area contributed by atoms with Gasteiger partial charge in [0.1, 0.15) is 5.60 Å². The largest absolute Gasteiger partial charge is 0.444 e. The summed E-state index contributed by atoms with van der Waals surface area (Å²) >= 11 is 0. The molecule has 2 aliphatic rings. The molecule has 0 aromatic heterocycles. The normalized spacial score (nSPS) is 30.5.